The zero-order chi connectivity index (χ0) is 28.1. The molecule has 1 atom stereocenters. The number of halogens is 1. The molecule has 0 spiro atoms. The highest BCUT2D eigenvalue weighted by atomic mass is 19.1. The lowest BCUT2D eigenvalue weighted by Crippen LogP contribution is -2.48. The second-order valence-corrected chi connectivity index (χ2v) is 9.81. The van der Waals surface area contributed by atoms with Crippen LogP contribution in [0.4, 0.5) is 10.1 Å². The van der Waals surface area contributed by atoms with Crippen LogP contribution in [0.2, 0.25) is 0 Å². The van der Waals surface area contributed by atoms with Crippen LogP contribution in [-0.2, 0) is 20.9 Å². The summed E-state index contributed by atoms with van der Waals surface area (Å²) in [4.78, 5) is 41.4. The normalized spacial score (nSPS) is 14.4. The number of hydrogen-bond donors (Lipinski definition) is 1. The summed E-state index contributed by atoms with van der Waals surface area (Å²) in [5.41, 5.74) is 1.91. The smallest absolute Gasteiger partial charge is 0.337 e. The number of hydrogen-bond acceptors (Lipinski definition) is 6. The number of methoxy groups -OCH3 is 1. The Kier molecular flexibility index (Phi) is 8.14. The second kappa shape index (κ2) is 12.1. The molecular weight excluding hydrogens is 513 g/mol. The number of amides is 2. The average Bonchev–Trinajstić information content (AvgIpc) is 3.39. The van der Waals surface area contributed by atoms with Gasteiger partial charge >= 0.3 is 5.97 Å². The number of anilines is 1. The molecule has 40 heavy (non-hydrogen) atoms. The molecule has 1 aliphatic carbocycles. The van der Waals surface area contributed by atoms with Gasteiger partial charge in [-0.1, -0.05) is 54.8 Å². The van der Waals surface area contributed by atoms with Gasteiger partial charge in [0.05, 0.1) is 18.2 Å². The minimum atomic E-state index is -1.31. The average molecular weight is 544 g/mol. The van der Waals surface area contributed by atoms with Crippen LogP contribution < -0.4 is 10.2 Å². The van der Waals surface area contributed by atoms with Crippen LogP contribution in [0.5, 0.6) is 0 Å². The van der Waals surface area contributed by atoms with Gasteiger partial charge < -0.3 is 10.1 Å². The van der Waals surface area contributed by atoms with E-state index in [1.165, 1.54) is 47.0 Å². The van der Waals surface area contributed by atoms with Crippen molar-refractivity contribution in [1.29, 1.82) is 0 Å². The second-order valence-electron chi connectivity index (χ2n) is 9.81. The van der Waals surface area contributed by atoms with Gasteiger partial charge in [0.1, 0.15) is 23.9 Å². The number of esters is 1. The molecule has 2 amide bonds. The van der Waals surface area contributed by atoms with Gasteiger partial charge in [-0.3, -0.25) is 14.5 Å². The van der Waals surface area contributed by atoms with E-state index >= 15 is 4.39 Å². The maximum atomic E-state index is 15.3. The minimum Gasteiger partial charge on any atom is -0.465 e. The third-order valence-electron chi connectivity index (χ3n) is 7.20. The number of benzene rings is 3. The van der Waals surface area contributed by atoms with Crippen molar-refractivity contribution in [3.05, 3.63) is 89.7 Å². The molecule has 1 unspecified atom stereocenters. The fourth-order valence-corrected chi connectivity index (χ4v) is 5.17. The number of carbonyl (C=O) groups excluding carboxylic acids is 3. The molecule has 0 aliphatic heterocycles. The van der Waals surface area contributed by atoms with Gasteiger partial charge in [-0.25, -0.2) is 13.9 Å². The summed E-state index contributed by atoms with van der Waals surface area (Å²) in [6.07, 6.45) is 4.73. The lowest BCUT2D eigenvalue weighted by atomic mass is 9.94. The summed E-state index contributed by atoms with van der Waals surface area (Å²) in [6, 6.07) is 17.9. The standard InChI is InChI=1S/C30H30FN5O4/c1-40-30(39)20-15-17-22(18-16-20)36(27(37)19-35-26-14-8-7-13-25(26)33-34-35)28(23-11-5-6-12-24(23)31)29(38)32-21-9-3-2-4-10-21/h5-8,11-18,21,28H,2-4,9-10,19H2,1H3,(H,32,38). The monoisotopic (exact) mass is 543 g/mol. The van der Waals surface area contributed by atoms with E-state index in [4.69, 9.17) is 4.74 Å². The van der Waals surface area contributed by atoms with E-state index in [9.17, 15) is 14.4 Å². The van der Waals surface area contributed by atoms with Gasteiger partial charge in [-0.05, 0) is 55.3 Å². The van der Waals surface area contributed by atoms with E-state index in [1.807, 2.05) is 12.1 Å². The Labute approximate surface area is 230 Å². The summed E-state index contributed by atoms with van der Waals surface area (Å²) >= 11 is 0. The molecule has 206 valence electrons. The van der Waals surface area contributed by atoms with Crippen LogP contribution in [0.1, 0.15) is 54.1 Å². The van der Waals surface area contributed by atoms with E-state index in [0.29, 0.717) is 16.7 Å². The molecule has 1 N–H and O–H groups in total. The molecule has 1 aromatic heterocycles. The molecule has 4 aromatic rings. The van der Waals surface area contributed by atoms with Crippen molar-refractivity contribution in [3.63, 3.8) is 0 Å². The van der Waals surface area contributed by atoms with Crippen molar-refractivity contribution in [2.45, 2.75) is 50.7 Å². The van der Waals surface area contributed by atoms with Gasteiger partial charge in [0, 0.05) is 17.3 Å². The largest absolute Gasteiger partial charge is 0.465 e. The molecule has 10 heteroatoms. The Bertz CT molecular complexity index is 1510. The molecule has 1 aliphatic rings. The molecule has 0 bridgehead atoms. The SMILES string of the molecule is COC(=O)c1ccc(N(C(=O)Cn2nnc3ccccc32)C(C(=O)NC2CCCCC2)c2ccccc2F)cc1. The Morgan fingerprint density at radius 2 is 1.70 bits per heavy atom. The lowest BCUT2D eigenvalue weighted by Gasteiger charge is -2.33. The maximum absolute atomic E-state index is 15.3. The maximum Gasteiger partial charge on any atom is 0.337 e. The first-order chi connectivity index (χ1) is 19.5. The first kappa shape index (κ1) is 27.0. The van der Waals surface area contributed by atoms with Crippen LogP contribution in [0, 0.1) is 5.82 Å². The Balaban J connectivity index is 1.58. The number of nitrogens with zero attached hydrogens (tertiary/aromatic N) is 4. The highest BCUT2D eigenvalue weighted by Gasteiger charge is 2.36. The first-order valence-electron chi connectivity index (χ1n) is 13.3. The van der Waals surface area contributed by atoms with E-state index in [0.717, 1.165) is 32.1 Å². The van der Waals surface area contributed by atoms with E-state index in [-0.39, 0.29) is 23.7 Å². The summed E-state index contributed by atoms with van der Waals surface area (Å²) in [5, 5.41) is 11.3. The van der Waals surface area contributed by atoms with Crippen LogP contribution in [0.25, 0.3) is 11.0 Å². The quantitative estimate of drug-likeness (QED) is 0.326. The molecular formula is C30H30FN5O4. The zero-order valence-electron chi connectivity index (χ0n) is 22.1. The Morgan fingerprint density at radius 3 is 2.42 bits per heavy atom. The van der Waals surface area contributed by atoms with Crippen molar-refractivity contribution < 1.29 is 23.5 Å². The molecule has 0 radical (unpaired) electrons. The molecule has 3 aromatic carbocycles. The van der Waals surface area contributed by atoms with Gasteiger partial charge in [0.25, 0.3) is 0 Å². The fraction of sp³-hybridized carbons (Fsp3) is 0.300. The molecule has 0 saturated heterocycles. The van der Waals surface area contributed by atoms with Crippen molar-refractivity contribution in [2.75, 3.05) is 12.0 Å². The van der Waals surface area contributed by atoms with Crippen LogP contribution in [0.15, 0.2) is 72.8 Å². The van der Waals surface area contributed by atoms with E-state index in [1.54, 1.807) is 30.3 Å². The number of nitrogens with one attached hydrogen (secondary N) is 1. The van der Waals surface area contributed by atoms with Crippen molar-refractivity contribution in [2.24, 2.45) is 0 Å². The number of para-hydroxylation sites is 1. The van der Waals surface area contributed by atoms with Gasteiger partial charge in [-0.2, -0.15) is 0 Å². The van der Waals surface area contributed by atoms with Gasteiger partial charge in [0.15, 0.2) is 0 Å². The third-order valence-corrected chi connectivity index (χ3v) is 7.20. The minimum absolute atomic E-state index is 0.0599. The van der Waals surface area contributed by atoms with E-state index in [2.05, 4.69) is 15.6 Å². The predicted octanol–water partition coefficient (Wildman–Crippen LogP) is 4.58. The highest BCUT2D eigenvalue weighted by Crippen LogP contribution is 2.31. The number of aromatic nitrogens is 3. The first-order valence-corrected chi connectivity index (χ1v) is 13.3. The number of rotatable bonds is 8. The number of fused-ring (bicyclic) bond motifs is 1. The predicted molar refractivity (Wildman–Crippen MR) is 147 cm³/mol. The van der Waals surface area contributed by atoms with E-state index < -0.39 is 29.6 Å². The lowest BCUT2D eigenvalue weighted by molar-refractivity contribution is -0.127. The summed E-state index contributed by atoms with van der Waals surface area (Å²) in [6.45, 7) is -0.249. The third kappa shape index (κ3) is 5.70. The molecule has 9 nitrogen and oxygen atoms in total. The van der Waals surface area contributed by atoms with Gasteiger partial charge in [-0.15, -0.1) is 5.10 Å². The highest BCUT2D eigenvalue weighted by molar-refractivity contribution is 6.02. The summed E-state index contributed by atoms with van der Waals surface area (Å²) < 4.78 is 21.6. The molecule has 1 heterocycles. The summed E-state index contributed by atoms with van der Waals surface area (Å²) in [7, 11) is 1.28. The van der Waals surface area contributed by atoms with Crippen molar-refractivity contribution in [1.82, 2.24) is 20.3 Å². The number of ether oxygens (including phenoxy) is 1. The van der Waals surface area contributed by atoms with Gasteiger partial charge in [0.2, 0.25) is 11.8 Å². The zero-order valence-corrected chi connectivity index (χ0v) is 22.1. The van der Waals surface area contributed by atoms with Crippen LogP contribution in [0.3, 0.4) is 0 Å². The van der Waals surface area contributed by atoms with Crippen LogP contribution >= 0.6 is 0 Å². The van der Waals surface area contributed by atoms with Crippen molar-refractivity contribution >= 4 is 34.5 Å². The fourth-order valence-electron chi connectivity index (χ4n) is 5.17. The molecule has 1 fully saturated rings. The Hall–Kier alpha value is -4.60. The molecule has 1 saturated carbocycles. The van der Waals surface area contributed by atoms with Crippen molar-refractivity contribution in [3.8, 4) is 0 Å². The van der Waals surface area contributed by atoms with Crippen LogP contribution in [-0.4, -0.2) is 45.9 Å². The Morgan fingerprint density at radius 1 is 1.00 bits per heavy atom. The summed E-state index contributed by atoms with van der Waals surface area (Å²) in [5.74, 6) is -2.14. The molecule has 5 rings (SSSR count). The topological polar surface area (TPSA) is 106 Å². The number of carbonyl (C=O) groups is 3.